The van der Waals surface area contributed by atoms with E-state index in [2.05, 4.69) is 5.32 Å². The summed E-state index contributed by atoms with van der Waals surface area (Å²) in [6.07, 6.45) is 4.34. The molecule has 1 nitrogen and oxygen atoms in total. The molecule has 2 fully saturated rings. The van der Waals surface area contributed by atoms with E-state index in [1.807, 2.05) is 21.6 Å². The molecule has 0 amide bonds. The van der Waals surface area contributed by atoms with Crippen LogP contribution in [-0.4, -0.2) is 54.5 Å². The van der Waals surface area contributed by atoms with Gasteiger partial charge in [0.25, 0.3) is 0 Å². The molecular formula is C10H21NS2Se2. The van der Waals surface area contributed by atoms with Gasteiger partial charge in [-0.1, -0.05) is 28.0 Å². The average molecular weight is 377 g/mol. The van der Waals surface area contributed by atoms with Crippen molar-refractivity contribution in [3.63, 3.8) is 0 Å². The molecule has 0 unspecified atom stereocenters. The topological polar surface area (TPSA) is 12.0 Å². The minimum absolute atomic E-state index is 0.993. The second-order valence-electron chi connectivity index (χ2n) is 3.39. The van der Waals surface area contributed by atoms with Crippen molar-refractivity contribution in [3.05, 3.63) is 0 Å². The molecule has 0 saturated carbocycles. The van der Waals surface area contributed by atoms with E-state index in [-0.39, 0.29) is 0 Å². The molecule has 0 spiro atoms. The molecule has 2 heterocycles. The van der Waals surface area contributed by atoms with Gasteiger partial charge in [0.2, 0.25) is 0 Å². The quantitative estimate of drug-likeness (QED) is 0.515. The summed E-state index contributed by atoms with van der Waals surface area (Å²) in [5.41, 5.74) is 0. The van der Waals surface area contributed by atoms with Gasteiger partial charge in [-0.2, -0.15) is 0 Å². The monoisotopic (exact) mass is 379 g/mol. The van der Waals surface area contributed by atoms with Crippen molar-refractivity contribution < 1.29 is 0 Å². The van der Waals surface area contributed by atoms with Crippen molar-refractivity contribution in [1.29, 1.82) is 0 Å². The van der Waals surface area contributed by atoms with Crippen LogP contribution >= 0.6 is 21.6 Å². The Kier molecular flexibility index (Phi) is 12.0. The molecular weight excluding hydrogens is 356 g/mol. The molecule has 0 atom stereocenters. The van der Waals surface area contributed by atoms with Gasteiger partial charge in [0.05, 0.1) is 0 Å². The van der Waals surface area contributed by atoms with Gasteiger partial charge in [0.15, 0.2) is 0 Å². The summed E-state index contributed by atoms with van der Waals surface area (Å²) in [6.45, 7) is 2.58. The second-order valence-corrected chi connectivity index (χ2v) is 12.6. The van der Waals surface area contributed by atoms with E-state index < -0.39 is 0 Å². The van der Waals surface area contributed by atoms with Crippen LogP contribution in [0.15, 0.2) is 0 Å². The van der Waals surface area contributed by atoms with Gasteiger partial charge in [-0.25, -0.2) is 0 Å². The van der Waals surface area contributed by atoms with Crippen molar-refractivity contribution >= 4 is 51.5 Å². The molecule has 2 saturated heterocycles. The van der Waals surface area contributed by atoms with Gasteiger partial charge >= 0.3 is 63.2 Å². The zero-order valence-corrected chi connectivity index (χ0v) is 14.3. The van der Waals surface area contributed by atoms with E-state index in [1.165, 1.54) is 54.5 Å². The van der Waals surface area contributed by atoms with Gasteiger partial charge in [-0.05, 0) is 12.8 Å². The van der Waals surface area contributed by atoms with Crippen LogP contribution in [-0.2, 0) is 0 Å². The zero-order chi connectivity index (χ0) is 10.6. The molecule has 2 aliphatic heterocycles. The van der Waals surface area contributed by atoms with Gasteiger partial charge in [-0.15, -0.1) is 0 Å². The Morgan fingerprint density at radius 1 is 0.800 bits per heavy atom. The molecule has 2 aliphatic rings. The van der Waals surface area contributed by atoms with Crippen molar-refractivity contribution in [2.75, 3.05) is 24.6 Å². The van der Waals surface area contributed by atoms with E-state index in [4.69, 9.17) is 0 Å². The molecule has 15 heavy (non-hydrogen) atoms. The average Bonchev–Trinajstić information content (AvgIpc) is 2.48. The fraction of sp³-hybridized carbons (Fsp3) is 1.00. The van der Waals surface area contributed by atoms with Gasteiger partial charge in [-0.3, -0.25) is 0 Å². The first-order valence-electron chi connectivity index (χ1n) is 5.61. The fourth-order valence-corrected chi connectivity index (χ4v) is 9.31. The van der Waals surface area contributed by atoms with Crippen LogP contribution in [0, 0.1) is 0 Å². The molecule has 0 bridgehead atoms. The maximum atomic E-state index is 3.42. The molecule has 0 aromatic heterocycles. The first kappa shape index (κ1) is 14.8. The van der Waals surface area contributed by atoms with Crippen molar-refractivity contribution in [2.24, 2.45) is 0 Å². The Morgan fingerprint density at radius 2 is 1.40 bits per heavy atom. The molecule has 0 aromatic carbocycles. The summed E-state index contributed by atoms with van der Waals surface area (Å²) in [5.74, 6) is 2.76. The molecule has 90 valence electrons. The van der Waals surface area contributed by atoms with Gasteiger partial charge in [0, 0.05) is 11.5 Å². The van der Waals surface area contributed by atoms with E-state index >= 15 is 0 Å². The summed E-state index contributed by atoms with van der Waals surface area (Å²) in [4.78, 5) is 0. The van der Waals surface area contributed by atoms with E-state index in [0.717, 1.165) is 29.9 Å². The third-order valence-electron chi connectivity index (χ3n) is 2.05. The van der Waals surface area contributed by atoms with Crippen LogP contribution in [0.4, 0.5) is 0 Å². The predicted molar refractivity (Wildman–Crippen MR) is 77.6 cm³/mol. The van der Waals surface area contributed by atoms with E-state index in [1.54, 1.807) is 4.22 Å². The molecule has 0 aromatic rings. The third-order valence-corrected chi connectivity index (χ3v) is 11.0. The van der Waals surface area contributed by atoms with Crippen molar-refractivity contribution in [2.45, 2.75) is 34.1 Å². The summed E-state index contributed by atoms with van der Waals surface area (Å²) in [5, 5.41) is 6.35. The second kappa shape index (κ2) is 12.2. The standard InChI is InChI=1S/C5H11NSe2.C5H10S2/c1-3-7-5-8-4-2-6-1;1-2-4-6-7-5-3-1/h6H,1-5H2;1-5H2. The van der Waals surface area contributed by atoms with Gasteiger partial charge < -0.3 is 0 Å². The van der Waals surface area contributed by atoms with Crippen LogP contribution in [0.25, 0.3) is 0 Å². The first-order chi connectivity index (χ1) is 7.50. The fourth-order valence-electron chi connectivity index (χ4n) is 1.21. The Hall–Kier alpha value is 1.70. The SMILES string of the molecule is C1CCSSCC1.C1C[Se]C[Se]CCN1. The van der Waals surface area contributed by atoms with Gasteiger partial charge in [0.1, 0.15) is 0 Å². The number of hydrogen-bond acceptors (Lipinski definition) is 3. The van der Waals surface area contributed by atoms with Crippen LogP contribution < -0.4 is 5.32 Å². The van der Waals surface area contributed by atoms with Crippen molar-refractivity contribution in [3.8, 4) is 0 Å². The van der Waals surface area contributed by atoms with Crippen LogP contribution in [0.3, 0.4) is 0 Å². The summed E-state index contributed by atoms with van der Waals surface area (Å²) < 4.78 is 1.58. The molecule has 0 aliphatic carbocycles. The first-order valence-corrected chi connectivity index (χ1v) is 12.9. The normalized spacial score (nSPS) is 24.0. The van der Waals surface area contributed by atoms with Crippen molar-refractivity contribution in [1.82, 2.24) is 5.32 Å². The summed E-state index contributed by atoms with van der Waals surface area (Å²) in [6, 6.07) is 0. The van der Waals surface area contributed by atoms with Crippen LogP contribution in [0.2, 0.25) is 14.9 Å². The third kappa shape index (κ3) is 10.6. The Labute approximate surface area is 115 Å². The predicted octanol–water partition coefficient (Wildman–Crippen LogP) is 2.76. The molecule has 1 N–H and O–H groups in total. The zero-order valence-electron chi connectivity index (χ0n) is 9.20. The van der Waals surface area contributed by atoms with Crippen LogP contribution in [0.1, 0.15) is 19.3 Å². The maximum absolute atomic E-state index is 3.42. The van der Waals surface area contributed by atoms with E-state index in [9.17, 15) is 0 Å². The van der Waals surface area contributed by atoms with Crippen LogP contribution in [0.5, 0.6) is 0 Å². The number of hydrogen-bond donors (Lipinski definition) is 1. The molecule has 5 heteroatoms. The molecule has 2 rings (SSSR count). The minimum atomic E-state index is 0.993. The Balaban J connectivity index is 0.000000151. The summed E-state index contributed by atoms with van der Waals surface area (Å²) >= 11 is 1.99. The molecule has 0 radical (unpaired) electrons. The number of rotatable bonds is 0. The summed E-state index contributed by atoms with van der Waals surface area (Å²) in [7, 11) is 4.06. The Bertz CT molecular complexity index is 94.9. The van der Waals surface area contributed by atoms with E-state index in [0.29, 0.717) is 0 Å². The Morgan fingerprint density at radius 3 is 2.00 bits per heavy atom. The number of nitrogens with one attached hydrogen (secondary N) is 1.